The number of nitrogens with zero attached hydrogens (tertiary/aromatic N) is 2. The number of halogens is 3. The summed E-state index contributed by atoms with van der Waals surface area (Å²) < 4.78 is 45.7. The number of hydrogen-bond donors (Lipinski definition) is 0. The zero-order chi connectivity index (χ0) is 17.0. The van der Waals surface area contributed by atoms with Crippen LogP contribution in [0, 0.1) is 0 Å². The summed E-state index contributed by atoms with van der Waals surface area (Å²) in [4.78, 5) is 16.2. The van der Waals surface area contributed by atoms with E-state index in [0.717, 1.165) is 12.1 Å². The van der Waals surface area contributed by atoms with E-state index in [4.69, 9.17) is 4.74 Å². The third-order valence-electron chi connectivity index (χ3n) is 3.40. The van der Waals surface area contributed by atoms with E-state index in [2.05, 4.69) is 4.74 Å². The van der Waals surface area contributed by atoms with Crippen LogP contribution >= 0.6 is 0 Å². The van der Waals surface area contributed by atoms with E-state index in [1.165, 1.54) is 12.1 Å². The Morgan fingerprint density at radius 3 is 2.57 bits per heavy atom. The van der Waals surface area contributed by atoms with Gasteiger partial charge in [-0.1, -0.05) is 0 Å². The highest BCUT2D eigenvalue weighted by Crippen LogP contribution is 2.23. The molecule has 0 spiro atoms. The first-order chi connectivity index (χ1) is 10.8. The van der Waals surface area contributed by atoms with Gasteiger partial charge in [0.25, 0.3) is 5.91 Å². The van der Waals surface area contributed by atoms with Gasteiger partial charge in [0.15, 0.2) is 0 Å². The molecule has 0 saturated carbocycles. The van der Waals surface area contributed by atoms with E-state index in [0.29, 0.717) is 31.9 Å². The fourth-order valence-corrected chi connectivity index (χ4v) is 2.46. The quantitative estimate of drug-likeness (QED) is 0.846. The zero-order valence-electron chi connectivity index (χ0n) is 13.0. The summed E-state index contributed by atoms with van der Waals surface area (Å²) in [5.74, 6) is -0.570. The maximum absolute atomic E-state index is 12.6. The van der Waals surface area contributed by atoms with Crippen molar-refractivity contribution in [2.75, 3.05) is 40.4 Å². The summed E-state index contributed by atoms with van der Waals surface area (Å²) in [7, 11) is 3.81. The molecule has 1 aromatic carbocycles. The summed E-state index contributed by atoms with van der Waals surface area (Å²) in [5.41, 5.74) is 0.324. The fourth-order valence-electron chi connectivity index (χ4n) is 2.46. The lowest BCUT2D eigenvalue weighted by molar-refractivity contribution is -0.274. The number of ether oxygens (including phenoxy) is 2. The molecule has 0 N–H and O–H groups in total. The van der Waals surface area contributed by atoms with Gasteiger partial charge in [0, 0.05) is 18.7 Å². The van der Waals surface area contributed by atoms with Crippen LogP contribution in [0.4, 0.5) is 13.2 Å². The Morgan fingerprint density at radius 2 is 2.00 bits per heavy atom. The first kappa shape index (κ1) is 17.6. The SMILES string of the molecule is CN(C)CC1COCCN1C(=O)c1ccc(OC(F)(F)F)cc1. The van der Waals surface area contributed by atoms with Gasteiger partial charge in [0.2, 0.25) is 0 Å². The maximum atomic E-state index is 12.6. The summed E-state index contributed by atoms with van der Waals surface area (Å²) in [6, 6.07) is 4.87. The van der Waals surface area contributed by atoms with E-state index >= 15 is 0 Å². The standard InChI is InChI=1S/C15H19F3N2O3/c1-19(2)9-12-10-22-8-7-20(12)14(21)11-3-5-13(6-4-11)23-15(16,17)18/h3-6,12H,7-10H2,1-2H3. The molecule has 1 unspecified atom stereocenters. The molecule has 1 saturated heterocycles. The smallest absolute Gasteiger partial charge is 0.406 e. The number of likely N-dealkylation sites (N-methyl/N-ethyl adjacent to an activating group) is 1. The summed E-state index contributed by atoms with van der Waals surface area (Å²) >= 11 is 0. The minimum Gasteiger partial charge on any atom is -0.406 e. The minimum atomic E-state index is -4.74. The lowest BCUT2D eigenvalue weighted by atomic mass is 10.1. The first-order valence-electron chi connectivity index (χ1n) is 7.15. The Kier molecular flexibility index (Phi) is 5.48. The normalized spacial score (nSPS) is 19.0. The second-order valence-electron chi connectivity index (χ2n) is 5.56. The number of rotatable bonds is 4. The predicted octanol–water partition coefficient (Wildman–Crippen LogP) is 1.99. The van der Waals surface area contributed by atoms with Gasteiger partial charge in [-0.15, -0.1) is 13.2 Å². The lowest BCUT2D eigenvalue weighted by Gasteiger charge is -2.37. The second kappa shape index (κ2) is 7.18. The van der Waals surface area contributed by atoms with Gasteiger partial charge < -0.3 is 19.3 Å². The molecule has 2 rings (SSSR count). The number of carbonyl (C=O) groups is 1. The van der Waals surface area contributed by atoms with Gasteiger partial charge in [-0.3, -0.25) is 4.79 Å². The van der Waals surface area contributed by atoms with Gasteiger partial charge in [0.1, 0.15) is 5.75 Å². The van der Waals surface area contributed by atoms with Crippen molar-refractivity contribution in [3.8, 4) is 5.75 Å². The molecule has 1 aliphatic heterocycles. The molecule has 5 nitrogen and oxygen atoms in total. The molecule has 1 aromatic rings. The van der Waals surface area contributed by atoms with E-state index in [-0.39, 0.29) is 17.7 Å². The second-order valence-corrected chi connectivity index (χ2v) is 5.56. The van der Waals surface area contributed by atoms with E-state index in [1.54, 1.807) is 4.90 Å². The molecule has 1 heterocycles. The highest BCUT2D eigenvalue weighted by molar-refractivity contribution is 5.94. The average Bonchev–Trinajstić information content (AvgIpc) is 2.45. The third kappa shape index (κ3) is 5.11. The summed E-state index contributed by atoms with van der Waals surface area (Å²) in [6.07, 6.45) is -4.74. The third-order valence-corrected chi connectivity index (χ3v) is 3.40. The maximum Gasteiger partial charge on any atom is 0.573 e. The highest BCUT2D eigenvalue weighted by Gasteiger charge is 2.31. The zero-order valence-corrected chi connectivity index (χ0v) is 13.0. The number of benzene rings is 1. The van der Waals surface area contributed by atoms with Crippen LogP contribution in [0.25, 0.3) is 0 Å². The lowest BCUT2D eigenvalue weighted by Crippen LogP contribution is -2.52. The van der Waals surface area contributed by atoms with E-state index < -0.39 is 6.36 Å². The van der Waals surface area contributed by atoms with Crippen molar-refractivity contribution in [1.29, 1.82) is 0 Å². The molecule has 1 aliphatic rings. The molecule has 0 aromatic heterocycles. The van der Waals surface area contributed by atoms with E-state index in [1.807, 2.05) is 19.0 Å². The van der Waals surface area contributed by atoms with E-state index in [9.17, 15) is 18.0 Å². The van der Waals surface area contributed by atoms with Crippen LogP contribution in [-0.2, 0) is 4.74 Å². The summed E-state index contributed by atoms with van der Waals surface area (Å²) in [5, 5.41) is 0. The number of alkyl halides is 3. The molecule has 0 bridgehead atoms. The number of hydrogen-bond acceptors (Lipinski definition) is 4. The van der Waals surface area contributed by atoms with Crippen molar-refractivity contribution in [2.45, 2.75) is 12.4 Å². The van der Waals surface area contributed by atoms with Gasteiger partial charge in [-0.05, 0) is 38.4 Å². The minimum absolute atomic E-state index is 0.0858. The Hall–Kier alpha value is -1.80. The Balaban J connectivity index is 2.09. The number of amides is 1. The van der Waals surface area contributed by atoms with Crippen molar-refractivity contribution in [2.24, 2.45) is 0 Å². The predicted molar refractivity (Wildman–Crippen MR) is 77.3 cm³/mol. The molecular weight excluding hydrogens is 313 g/mol. The Bertz CT molecular complexity index is 532. The molecule has 0 radical (unpaired) electrons. The van der Waals surface area contributed by atoms with Crippen LogP contribution in [0.3, 0.4) is 0 Å². The number of carbonyl (C=O) groups excluding carboxylic acids is 1. The summed E-state index contributed by atoms with van der Waals surface area (Å²) in [6.45, 7) is 2.00. The van der Waals surface area contributed by atoms with Crippen LogP contribution in [0.5, 0.6) is 5.75 Å². The molecule has 1 amide bonds. The van der Waals surface area contributed by atoms with Crippen LogP contribution < -0.4 is 4.74 Å². The van der Waals surface area contributed by atoms with Gasteiger partial charge >= 0.3 is 6.36 Å². The van der Waals surface area contributed by atoms with Crippen LogP contribution in [0.1, 0.15) is 10.4 Å². The van der Waals surface area contributed by atoms with Crippen molar-refractivity contribution >= 4 is 5.91 Å². The van der Waals surface area contributed by atoms with Gasteiger partial charge in [-0.25, -0.2) is 0 Å². The molecule has 1 fully saturated rings. The van der Waals surface area contributed by atoms with Crippen molar-refractivity contribution in [3.63, 3.8) is 0 Å². The van der Waals surface area contributed by atoms with Crippen molar-refractivity contribution in [3.05, 3.63) is 29.8 Å². The largest absolute Gasteiger partial charge is 0.573 e. The Morgan fingerprint density at radius 1 is 1.35 bits per heavy atom. The van der Waals surface area contributed by atoms with Gasteiger partial charge in [0.05, 0.1) is 19.3 Å². The van der Waals surface area contributed by atoms with Crippen molar-refractivity contribution < 1.29 is 27.4 Å². The molecule has 128 valence electrons. The van der Waals surface area contributed by atoms with Gasteiger partial charge in [-0.2, -0.15) is 0 Å². The fraction of sp³-hybridized carbons (Fsp3) is 0.533. The Labute approximate surface area is 132 Å². The molecule has 1 atom stereocenters. The first-order valence-corrected chi connectivity index (χ1v) is 7.15. The van der Waals surface area contributed by atoms with Crippen LogP contribution in [0.15, 0.2) is 24.3 Å². The molecule has 8 heteroatoms. The molecule has 0 aliphatic carbocycles. The highest BCUT2D eigenvalue weighted by atomic mass is 19.4. The topological polar surface area (TPSA) is 42.0 Å². The monoisotopic (exact) mass is 332 g/mol. The average molecular weight is 332 g/mol. The van der Waals surface area contributed by atoms with Crippen molar-refractivity contribution in [1.82, 2.24) is 9.80 Å². The molecule has 23 heavy (non-hydrogen) atoms. The molecular formula is C15H19F3N2O3. The van der Waals surface area contributed by atoms with Crippen LogP contribution in [-0.4, -0.2) is 68.5 Å². The van der Waals surface area contributed by atoms with Crippen LogP contribution in [0.2, 0.25) is 0 Å². The number of morpholine rings is 1.